The third kappa shape index (κ3) is 2.48. The Labute approximate surface area is 104 Å². The van der Waals surface area contributed by atoms with E-state index in [9.17, 15) is 13.2 Å². The summed E-state index contributed by atoms with van der Waals surface area (Å²) in [4.78, 5) is 2.07. The Morgan fingerprint density at radius 3 is 2.56 bits per heavy atom. The van der Waals surface area contributed by atoms with Gasteiger partial charge in [-0.05, 0) is 18.2 Å². The average molecular weight is 312 g/mol. The third-order valence-electron chi connectivity index (χ3n) is 2.38. The van der Waals surface area contributed by atoms with E-state index in [0.717, 1.165) is 29.9 Å². The molecule has 0 atom stereocenters. The fourth-order valence-corrected chi connectivity index (χ4v) is 3.12. The van der Waals surface area contributed by atoms with Gasteiger partial charge in [-0.1, -0.05) is 15.9 Å². The zero-order valence-corrected chi connectivity index (χ0v) is 10.6. The lowest BCUT2D eigenvalue weighted by molar-refractivity contribution is -0.138. The minimum atomic E-state index is -4.29. The molecule has 1 aromatic rings. The van der Waals surface area contributed by atoms with E-state index in [1.165, 1.54) is 12.1 Å². The quantitative estimate of drug-likeness (QED) is 0.772. The highest BCUT2D eigenvalue weighted by atomic mass is 79.9. The lowest BCUT2D eigenvalue weighted by Crippen LogP contribution is -2.18. The predicted molar refractivity (Wildman–Crippen MR) is 63.8 cm³/mol. The maximum Gasteiger partial charge on any atom is 0.417 e. The highest BCUT2D eigenvalue weighted by Gasteiger charge is 2.33. The van der Waals surface area contributed by atoms with Crippen molar-refractivity contribution in [3.8, 4) is 0 Å². The van der Waals surface area contributed by atoms with Crippen molar-refractivity contribution in [3.63, 3.8) is 0 Å². The van der Waals surface area contributed by atoms with Gasteiger partial charge in [0.15, 0.2) is 0 Å². The first kappa shape index (κ1) is 12.1. The van der Waals surface area contributed by atoms with E-state index < -0.39 is 11.7 Å². The molecular formula is C10H9BrF3NS. The van der Waals surface area contributed by atoms with E-state index in [2.05, 4.69) is 20.8 Å². The van der Waals surface area contributed by atoms with E-state index in [-0.39, 0.29) is 4.47 Å². The topological polar surface area (TPSA) is 3.24 Å². The second-order valence-electron chi connectivity index (χ2n) is 3.46. The number of anilines is 1. The molecule has 1 aromatic carbocycles. The van der Waals surface area contributed by atoms with Crippen LogP contribution < -0.4 is 4.90 Å². The van der Waals surface area contributed by atoms with Crippen LogP contribution in [0.5, 0.6) is 0 Å². The molecular weight excluding hydrogens is 303 g/mol. The first-order valence-electron chi connectivity index (χ1n) is 4.68. The Balaban J connectivity index is 2.29. The smallest absolute Gasteiger partial charge is 0.361 e. The van der Waals surface area contributed by atoms with Crippen molar-refractivity contribution in [1.29, 1.82) is 0 Å². The van der Waals surface area contributed by atoms with Crippen LogP contribution >= 0.6 is 27.7 Å². The summed E-state index contributed by atoms with van der Waals surface area (Å²) in [7, 11) is 0. The SMILES string of the molecule is FC(F)(F)c1ccc(N2CCSC2)cc1Br. The molecule has 2 rings (SSSR count). The second kappa shape index (κ2) is 4.49. The van der Waals surface area contributed by atoms with Crippen LogP contribution in [0.15, 0.2) is 22.7 Å². The molecule has 0 saturated carbocycles. The zero-order valence-electron chi connectivity index (χ0n) is 8.22. The highest BCUT2D eigenvalue weighted by Crippen LogP contribution is 2.37. The molecule has 6 heteroatoms. The molecule has 0 aliphatic carbocycles. The van der Waals surface area contributed by atoms with Crippen LogP contribution in [-0.2, 0) is 6.18 Å². The first-order valence-corrected chi connectivity index (χ1v) is 6.63. The lowest BCUT2D eigenvalue weighted by atomic mass is 10.2. The van der Waals surface area contributed by atoms with Crippen molar-refractivity contribution in [3.05, 3.63) is 28.2 Å². The zero-order chi connectivity index (χ0) is 11.8. The van der Waals surface area contributed by atoms with E-state index in [1.54, 1.807) is 11.8 Å². The number of rotatable bonds is 1. The summed E-state index contributed by atoms with van der Waals surface area (Å²) in [6.07, 6.45) is -4.29. The van der Waals surface area contributed by atoms with E-state index in [1.807, 2.05) is 0 Å². The number of halogens is 4. The Hall–Kier alpha value is -0.360. The molecule has 1 fully saturated rings. The largest absolute Gasteiger partial charge is 0.417 e. The van der Waals surface area contributed by atoms with Gasteiger partial charge in [0.2, 0.25) is 0 Å². The Morgan fingerprint density at radius 1 is 1.31 bits per heavy atom. The molecule has 0 unspecified atom stereocenters. The van der Waals surface area contributed by atoms with Crippen LogP contribution in [0.4, 0.5) is 18.9 Å². The molecule has 0 radical (unpaired) electrons. The molecule has 0 bridgehead atoms. The Morgan fingerprint density at radius 2 is 2.06 bits per heavy atom. The summed E-state index contributed by atoms with van der Waals surface area (Å²) in [5, 5.41) is 0. The molecule has 0 amide bonds. The molecule has 16 heavy (non-hydrogen) atoms. The third-order valence-corrected chi connectivity index (χ3v) is 4.00. The van der Waals surface area contributed by atoms with Gasteiger partial charge in [0, 0.05) is 22.5 Å². The van der Waals surface area contributed by atoms with Gasteiger partial charge in [-0.3, -0.25) is 0 Å². The van der Waals surface area contributed by atoms with Gasteiger partial charge in [-0.25, -0.2) is 0 Å². The summed E-state index contributed by atoms with van der Waals surface area (Å²) in [5.41, 5.74) is 0.216. The van der Waals surface area contributed by atoms with Crippen LogP contribution in [0.25, 0.3) is 0 Å². The average Bonchev–Trinajstić information content (AvgIpc) is 2.68. The molecule has 0 spiro atoms. The van der Waals surface area contributed by atoms with Gasteiger partial charge < -0.3 is 4.90 Å². The van der Waals surface area contributed by atoms with Crippen LogP contribution in [-0.4, -0.2) is 18.2 Å². The van der Waals surface area contributed by atoms with Crippen LogP contribution in [0.2, 0.25) is 0 Å². The fourth-order valence-electron chi connectivity index (χ4n) is 1.55. The fraction of sp³-hybridized carbons (Fsp3) is 0.400. The Kier molecular flexibility index (Phi) is 3.39. The summed E-state index contributed by atoms with van der Waals surface area (Å²) in [6, 6.07) is 4.19. The molecule has 1 nitrogen and oxygen atoms in total. The van der Waals surface area contributed by atoms with Crippen molar-refractivity contribution in [2.75, 3.05) is 23.1 Å². The molecule has 0 N–H and O–H groups in total. The number of hydrogen-bond acceptors (Lipinski definition) is 2. The lowest BCUT2D eigenvalue weighted by Gasteiger charge is -2.18. The van der Waals surface area contributed by atoms with Crippen LogP contribution in [0.3, 0.4) is 0 Å². The Bertz CT molecular complexity index is 388. The summed E-state index contributed by atoms with van der Waals surface area (Å²) < 4.78 is 37.6. The van der Waals surface area contributed by atoms with Crippen LogP contribution in [0.1, 0.15) is 5.56 Å². The van der Waals surface area contributed by atoms with Gasteiger partial charge >= 0.3 is 6.18 Å². The van der Waals surface area contributed by atoms with Crippen molar-refractivity contribution >= 4 is 33.4 Å². The normalized spacial score (nSPS) is 16.9. The monoisotopic (exact) mass is 311 g/mol. The standard InChI is InChI=1S/C10H9BrF3NS/c11-9-5-7(15-3-4-16-6-15)1-2-8(9)10(12,13)14/h1-2,5H,3-4,6H2. The molecule has 0 aromatic heterocycles. The van der Waals surface area contributed by atoms with Gasteiger partial charge in [0.05, 0.1) is 11.4 Å². The molecule has 1 heterocycles. The first-order chi connectivity index (χ1) is 7.48. The van der Waals surface area contributed by atoms with E-state index in [0.29, 0.717) is 0 Å². The molecule has 1 saturated heterocycles. The van der Waals surface area contributed by atoms with Gasteiger partial charge in [-0.15, -0.1) is 11.8 Å². The second-order valence-corrected chi connectivity index (χ2v) is 5.39. The van der Waals surface area contributed by atoms with Gasteiger partial charge in [0.25, 0.3) is 0 Å². The number of hydrogen-bond donors (Lipinski definition) is 0. The van der Waals surface area contributed by atoms with Crippen molar-refractivity contribution in [1.82, 2.24) is 0 Å². The maximum absolute atomic E-state index is 12.5. The number of thioether (sulfide) groups is 1. The van der Waals surface area contributed by atoms with Crippen molar-refractivity contribution in [2.45, 2.75) is 6.18 Å². The van der Waals surface area contributed by atoms with Crippen molar-refractivity contribution < 1.29 is 13.2 Å². The van der Waals surface area contributed by atoms with E-state index in [4.69, 9.17) is 0 Å². The van der Waals surface area contributed by atoms with Crippen molar-refractivity contribution in [2.24, 2.45) is 0 Å². The minimum Gasteiger partial charge on any atom is -0.361 e. The van der Waals surface area contributed by atoms with Gasteiger partial charge in [0.1, 0.15) is 0 Å². The molecule has 1 aliphatic heterocycles. The maximum atomic E-state index is 12.5. The predicted octanol–water partition coefficient (Wildman–Crippen LogP) is 3.98. The number of nitrogens with zero attached hydrogens (tertiary/aromatic N) is 1. The summed E-state index contributed by atoms with van der Waals surface area (Å²) >= 11 is 4.76. The minimum absolute atomic E-state index is 0.106. The summed E-state index contributed by atoms with van der Waals surface area (Å²) in [5.74, 6) is 1.87. The van der Waals surface area contributed by atoms with Gasteiger partial charge in [-0.2, -0.15) is 13.2 Å². The number of benzene rings is 1. The van der Waals surface area contributed by atoms with Crippen LogP contribution in [0, 0.1) is 0 Å². The molecule has 1 aliphatic rings. The number of alkyl halides is 3. The highest BCUT2D eigenvalue weighted by molar-refractivity contribution is 9.10. The summed E-state index contributed by atoms with van der Waals surface area (Å²) in [6.45, 7) is 0.891. The van der Waals surface area contributed by atoms with E-state index >= 15 is 0 Å². The molecule has 88 valence electrons.